The number of nitrogens with one attached hydrogen (secondary N) is 3. The highest BCUT2D eigenvalue weighted by molar-refractivity contribution is 6.35. The first kappa shape index (κ1) is 29.1. The number of nitrogens with zero attached hydrogens (tertiary/aromatic N) is 3. The fourth-order valence-corrected chi connectivity index (χ4v) is 4.13. The molecule has 14 heteroatoms. The van der Waals surface area contributed by atoms with Gasteiger partial charge in [-0.2, -0.15) is 5.10 Å². The van der Waals surface area contributed by atoms with Crippen molar-refractivity contribution in [2.75, 3.05) is 31.0 Å². The minimum absolute atomic E-state index is 0.140. The van der Waals surface area contributed by atoms with Crippen LogP contribution in [0.1, 0.15) is 46.7 Å². The molecule has 1 unspecified atom stereocenters. The first-order valence-corrected chi connectivity index (χ1v) is 12.6. The Balaban J connectivity index is 1.95. The number of ether oxygens (including phenoxy) is 3. The Morgan fingerprint density at radius 1 is 1.11 bits per heavy atom. The maximum absolute atomic E-state index is 12.4. The number of amides is 2. The maximum Gasteiger partial charge on any atom is 0.411 e. The molecule has 3 rings (SSSR count). The lowest BCUT2D eigenvalue weighted by atomic mass is 9.92. The highest BCUT2D eigenvalue weighted by Crippen LogP contribution is 2.38. The Morgan fingerprint density at radius 2 is 1.79 bits per heavy atom. The van der Waals surface area contributed by atoms with Gasteiger partial charge in [0.05, 0.1) is 41.6 Å². The quantitative estimate of drug-likeness (QED) is 0.233. The molecule has 0 aliphatic carbocycles. The van der Waals surface area contributed by atoms with Gasteiger partial charge in [0.15, 0.2) is 11.5 Å². The molecule has 206 valence electrons. The van der Waals surface area contributed by atoms with E-state index in [2.05, 4.69) is 30.6 Å². The van der Waals surface area contributed by atoms with E-state index in [1.165, 1.54) is 23.9 Å². The number of aromatic amines is 1. The van der Waals surface area contributed by atoms with Crippen LogP contribution in [0.2, 0.25) is 10.0 Å². The monoisotopic (exact) mass is 568 g/mol. The average molecular weight is 569 g/mol. The summed E-state index contributed by atoms with van der Waals surface area (Å²) >= 11 is 13.2. The molecule has 0 fully saturated rings. The van der Waals surface area contributed by atoms with Crippen molar-refractivity contribution in [3.05, 3.63) is 27.9 Å². The topological polar surface area (TPSA) is 149 Å². The predicted molar refractivity (Wildman–Crippen MR) is 143 cm³/mol. The summed E-state index contributed by atoms with van der Waals surface area (Å²) in [5.41, 5.74) is 1.53. The first-order valence-electron chi connectivity index (χ1n) is 11.8. The Labute approximate surface area is 229 Å². The molecule has 0 saturated heterocycles. The number of rotatable bonds is 8. The molecule has 3 aromatic rings. The molecular weight excluding hydrogens is 539 g/mol. The molecule has 1 atom stereocenters. The molecule has 1 aromatic carbocycles. The second-order valence-corrected chi connectivity index (χ2v) is 10.3. The van der Waals surface area contributed by atoms with E-state index in [0.717, 1.165) is 0 Å². The van der Waals surface area contributed by atoms with Gasteiger partial charge in [-0.3, -0.25) is 15.4 Å². The number of carbonyl (C=O) groups excluding carboxylic acids is 3. The smallest absolute Gasteiger partial charge is 0.411 e. The summed E-state index contributed by atoms with van der Waals surface area (Å²) in [5, 5.41) is 14.7. The number of H-pyrrole nitrogens is 1. The fourth-order valence-electron chi connectivity index (χ4n) is 3.37. The zero-order chi connectivity index (χ0) is 28.2. The van der Waals surface area contributed by atoms with E-state index < -0.39 is 24.1 Å². The molecule has 0 aliphatic rings. The number of anilines is 2. The number of halogens is 2. The second-order valence-electron chi connectivity index (χ2n) is 9.51. The number of benzene rings is 1. The molecule has 2 amide bonds. The van der Waals surface area contributed by atoms with E-state index in [1.54, 1.807) is 6.92 Å². The van der Waals surface area contributed by atoms with Gasteiger partial charge >= 0.3 is 18.2 Å². The lowest BCUT2D eigenvalue weighted by Gasteiger charge is -2.15. The van der Waals surface area contributed by atoms with Gasteiger partial charge in [0.25, 0.3) is 0 Å². The summed E-state index contributed by atoms with van der Waals surface area (Å²) in [4.78, 5) is 39.3. The Kier molecular flexibility index (Phi) is 9.10. The number of carbonyl (C=O) groups is 3. The number of methoxy groups -OCH3 is 1. The first-order chi connectivity index (χ1) is 17.8. The van der Waals surface area contributed by atoms with Crippen molar-refractivity contribution in [2.45, 2.75) is 46.5 Å². The fraction of sp³-hybridized carbons (Fsp3) is 0.458. The summed E-state index contributed by atoms with van der Waals surface area (Å²) < 4.78 is 16.2. The molecule has 2 heterocycles. The highest BCUT2D eigenvalue weighted by Gasteiger charge is 2.27. The lowest BCUT2D eigenvalue weighted by molar-refractivity contribution is -0.146. The third-order valence-corrected chi connectivity index (χ3v) is 5.92. The zero-order valence-corrected chi connectivity index (χ0v) is 23.4. The van der Waals surface area contributed by atoms with Gasteiger partial charge in [0.1, 0.15) is 11.6 Å². The number of esters is 1. The van der Waals surface area contributed by atoms with Crippen LogP contribution in [0.15, 0.2) is 12.1 Å². The largest absolute Gasteiger partial charge is 0.469 e. The van der Waals surface area contributed by atoms with Crippen LogP contribution in [0.5, 0.6) is 0 Å². The standard InChI is InChI=1S/C24H30Cl2N6O6/c1-7-8-37-23(35)28-15-10-13(27-22(34)38-11-12(2)21(33)36-6)9-14(25)16(15)19-29-20-17(26)18(24(3,4)5)30-32(20)31-19/h9-10,12H,7-8,11H2,1-6H3,(H,27,34)(H,28,35)(H,29,31). The van der Waals surface area contributed by atoms with Crippen molar-refractivity contribution < 1.29 is 28.6 Å². The van der Waals surface area contributed by atoms with E-state index in [1.807, 2.05) is 27.7 Å². The predicted octanol–water partition coefficient (Wildman–Crippen LogP) is 5.64. The highest BCUT2D eigenvalue weighted by atomic mass is 35.5. The Morgan fingerprint density at radius 3 is 2.39 bits per heavy atom. The number of aromatic nitrogens is 4. The molecule has 0 aliphatic heterocycles. The molecule has 0 spiro atoms. The van der Waals surface area contributed by atoms with E-state index in [4.69, 9.17) is 32.7 Å². The summed E-state index contributed by atoms with van der Waals surface area (Å²) in [5.74, 6) is -0.890. The van der Waals surface area contributed by atoms with Crippen molar-refractivity contribution >= 4 is 58.4 Å². The molecule has 38 heavy (non-hydrogen) atoms. The van der Waals surface area contributed by atoms with E-state index in [0.29, 0.717) is 28.3 Å². The van der Waals surface area contributed by atoms with Gasteiger partial charge < -0.3 is 19.2 Å². The van der Waals surface area contributed by atoms with E-state index in [-0.39, 0.29) is 40.9 Å². The third-order valence-electron chi connectivity index (χ3n) is 5.27. The van der Waals surface area contributed by atoms with Gasteiger partial charge in [0.2, 0.25) is 0 Å². The summed E-state index contributed by atoms with van der Waals surface area (Å²) in [7, 11) is 1.25. The second kappa shape index (κ2) is 11.9. The lowest BCUT2D eigenvalue weighted by Crippen LogP contribution is -2.23. The molecule has 0 saturated carbocycles. The van der Waals surface area contributed by atoms with Crippen LogP contribution in [-0.4, -0.2) is 58.3 Å². The van der Waals surface area contributed by atoms with Gasteiger partial charge in [-0.15, -0.1) is 9.73 Å². The van der Waals surface area contributed by atoms with Crippen LogP contribution in [0.3, 0.4) is 0 Å². The summed E-state index contributed by atoms with van der Waals surface area (Å²) in [6.07, 6.45) is -0.926. The van der Waals surface area contributed by atoms with Crippen molar-refractivity contribution in [3.63, 3.8) is 0 Å². The Hall–Kier alpha value is -3.51. The van der Waals surface area contributed by atoms with E-state index in [9.17, 15) is 14.4 Å². The number of hydrogen-bond acceptors (Lipinski definition) is 8. The van der Waals surface area contributed by atoms with Crippen LogP contribution in [0.4, 0.5) is 21.0 Å². The normalized spacial score (nSPS) is 12.2. The summed E-state index contributed by atoms with van der Waals surface area (Å²) in [6, 6.07) is 2.92. The molecule has 2 aromatic heterocycles. The third kappa shape index (κ3) is 6.67. The van der Waals surface area contributed by atoms with Crippen LogP contribution in [-0.2, 0) is 24.4 Å². The van der Waals surface area contributed by atoms with Crippen LogP contribution >= 0.6 is 23.2 Å². The number of hydrogen-bond donors (Lipinski definition) is 3. The molecular formula is C24H30Cl2N6O6. The van der Waals surface area contributed by atoms with Crippen LogP contribution in [0.25, 0.3) is 17.0 Å². The van der Waals surface area contributed by atoms with Crippen LogP contribution in [0, 0.1) is 5.92 Å². The summed E-state index contributed by atoms with van der Waals surface area (Å²) in [6.45, 7) is 9.38. The zero-order valence-electron chi connectivity index (χ0n) is 21.9. The SMILES string of the molecule is CCCOC(=O)Nc1cc(NC(=O)OCC(C)C(=O)OC)cc(Cl)c1-c1nn2nc(C(C)(C)C)c(Cl)c2[nH]1. The van der Waals surface area contributed by atoms with Crippen LogP contribution < -0.4 is 10.6 Å². The molecule has 0 bridgehead atoms. The van der Waals surface area contributed by atoms with Gasteiger partial charge in [0, 0.05) is 11.1 Å². The van der Waals surface area contributed by atoms with Gasteiger partial charge in [-0.05, 0) is 25.5 Å². The Bertz CT molecular complexity index is 1350. The number of fused-ring (bicyclic) bond motifs is 1. The van der Waals surface area contributed by atoms with Crippen molar-refractivity contribution in [2.24, 2.45) is 5.92 Å². The maximum atomic E-state index is 12.4. The molecule has 0 radical (unpaired) electrons. The van der Waals surface area contributed by atoms with Crippen molar-refractivity contribution in [3.8, 4) is 11.4 Å². The average Bonchev–Trinajstić information content (AvgIpc) is 3.39. The van der Waals surface area contributed by atoms with Gasteiger partial charge in [-0.1, -0.05) is 50.9 Å². The molecule has 12 nitrogen and oxygen atoms in total. The van der Waals surface area contributed by atoms with Crippen molar-refractivity contribution in [1.29, 1.82) is 0 Å². The minimum Gasteiger partial charge on any atom is -0.469 e. The van der Waals surface area contributed by atoms with Crippen molar-refractivity contribution in [1.82, 2.24) is 19.8 Å². The van der Waals surface area contributed by atoms with E-state index >= 15 is 0 Å². The minimum atomic E-state index is -0.831. The van der Waals surface area contributed by atoms with Gasteiger partial charge in [-0.25, -0.2) is 9.59 Å². The molecule has 3 N–H and O–H groups in total.